The smallest absolute Gasteiger partial charge is 0.238 e. The van der Waals surface area contributed by atoms with Crippen molar-refractivity contribution in [2.24, 2.45) is 0 Å². The van der Waals surface area contributed by atoms with Crippen molar-refractivity contribution in [3.63, 3.8) is 0 Å². The lowest BCUT2D eigenvalue weighted by Gasteiger charge is -2.18. The average molecular weight is 210 g/mol. The van der Waals surface area contributed by atoms with Gasteiger partial charge in [0.05, 0.1) is 24.0 Å². The Kier molecular flexibility index (Phi) is 3.47. The lowest BCUT2D eigenvalue weighted by molar-refractivity contribution is -0.115. The summed E-state index contributed by atoms with van der Waals surface area (Å²) in [6.45, 7) is 6.47. The molecular weight excluding hydrogens is 192 g/mol. The second-order valence-corrected chi connectivity index (χ2v) is 4.42. The van der Waals surface area contributed by atoms with Gasteiger partial charge >= 0.3 is 0 Å². The van der Waals surface area contributed by atoms with E-state index in [1.165, 1.54) is 0 Å². The number of rotatable bonds is 3. The van der Waals surface area contributed by atoms with Gasteiger partial charge in [-0.25, -0.2) is 0 Å². The maximum atomic E-state index is 11.3. The Hall–Kier alpha value is -1.36. The van der Waals surface area contributed by atoms with Crippen LogP contribution in [-0.2, 0) is 10.3 Å². The predicted octanol–water partition coefficient (Wildman–Crippen LogP) is 0.796. The van der Waals surface area contributed by atoms with Crippen LogP contribution in [0.4, 0.5) is 5.69 Å². The summed E-state index contributed by atoms with van der Waals surface area (Å²) in [6.07, 6.45) is 3.48. The molecule has 0 saturated heterocycles. The monoisotopic (exact) mass is 210 g/mol. The minimum absolute atomic E-state index is 0.0635. The molecule has 0 aliphatic carbocycles. The van der Waals surface area contributed by atoms with Crippen LogP contribution in [-0.4, -0.2) is 29.3 Å². The average Bonchev–Trinajstić information content (AvgIpc) is 2.52. The van der Waals surface area contributed by atoms with Crippen LogP contribution in [0.15, 0.2) is 12.4 Å². The van der Waals surface area contributed by atoms with Crippen LogP contribution in [0.3, 0.4) is 0 Å². The molecule has 0 saturated carbocycles. The van der Waals surface area contributed by atoms with Gasteiger partial charge in [-0.2, -0.15) is 5.10 Å². The molecule has 0 fully saturated rings. The van der Waals surface area contributed by atoms with E-state index in [9.17, 15) is 4.79 Å². The Morgan fingerprint density at radius 2 is 2.20 bits per heavy atom. The first-order chi connectivity index (χ1) is 6.93. The first-order valence-corrected chi connectivity index (χ1v) is 4.93. The Bertz CT molecular complexity index is 337. The molecule has 5 heteroatoms. The first kappa shape index (κ1) is 11.7. The van der Waals surface area contributed by atoms with E-state index in [2.05, 4.69) is 36.5 Å². The number of carbonyl (C=O) groups excluding carboxylic acids is 1. The van der Waals surface area contributed by atoms with Gasteiger partial charge in [0.15, 0.2) is 0 Å². The molecule has 84 valence electrons. The standard InChI is InChI=1S/C10H18N4O/c1-10(2,3)14-7-8(5-12-14)13-9(15)6-11-4/h5,7,11H,6H2,1-4H3,(H,13,15). The Morgan fingerprint density at radius 3 is 2.67 bits per heavy atom. The maximum Gasteiger partial charge on any atom is 0.238 e. The third-order valence-corrected chi connectivity index (χ3v) is 1.89. The second kappa shape index (κ2) is 4.44. The predicted molar refractivity (Wildman–Crippen MR) is 59.8 cm³/mol. The number of hydrogen-bond acceptors (Lipinski definition) is 3. The summed E-state index contributed by atoms with van der Waals surface area (Å²) < 4.78 is 1.82. The number of aromatic nitrogens is 2. The lowest BCUT2D eigenvalue weighted by Crippen LogP contribution is -2.25. The molecule has 0 aromatic carbocycles. The van der Waals surface area contributed by atoms with Gasteiger partial charge < -0.3 is 10.6 Å². The summed E-state index contributed by atoms with van der Waals surface area (Å²) in [6, 6.07) is 0. The molecule has 2 N–H and O–H groups in total. The number of nitrogens with one attached hydrogen (secondary N) is 2. The Labute approximate surface area is 89.9 Å². The fraction of sp³-hybridized carbons (Fsp3) is 0.600. The molecule has 5 nitrogen and oxygen atoms in total. The van der Waals surface area contributed by atoms with Crippen LogP contribution >= 0.6 is 0 Å². The summed E-state index contributed by atoms with van der Waals surface area (Å²) in [5.41, 5.74) is 0.664. The minimum Gasteiger partial charge on any atom is -0.322 e. The van der Waals surface area contributed by atoms with Gasteiger partial charge in [-0.1, -0.05) is 0 Å². The fourth-order valence-electron chi connectivity index (χ4n) is 1.12. The molecule has 0 unspecified atom stereocenters. The van der Waals surface area contributed by atoms with Gasteiger partial charge in [-0.3, -0.25) is 9.48 Å². The highest BCUT2D eigenvalue weighted by atomic mass is 16.1. The third-order valence-electron chi connectivity index (χ3n) is 1.89. The van der Waals surface area contributed by atoms with Crippen molar-refractivity contribution in [3.8, 4) is 0 Å². The number of hydrogen-bond donors (Lipinski definition) is 2. The Balaban J connectivity index is 2.65. The number of carbonyl (C=O) groups is 1. The SMILES string of the molecule is CNCC(=O)Nc1cnn(C(C)(C)C)c1. The summed E-state index contributed by atoms with van der Waals surface area (Å²) in [4.78, 5) is 11.3. The highest BCUT2D eigenvalue weighted by Crippen LogP contribution is 2.15. The quantitative estimate of drug-likeness (QED) is 0.775. The van der Waals surface area contributed by atoms with E-state index in [1.807, 2.05) is 10.9 Å². The number of amides is 1. The molecule has 0 radical (unpaired) electrons. The van der Waals surface area contributed by atoms with E-state index >= 15 is 0 Å². The summed E-state index contributed by atoms with van der Waals surface area (Å²) in [5, 5.41) is 9.72. The molecule has 0 aliphatic heterocycles. The number of anilines is 1. The van der Waals surface area contributed by atoms with E-state index in [-0.39, 0.29) is 11.4 Å². The molecule has 0 bridgehead atoms. The highest BCUT2D eigenvalue weighted by Gasteiger charge is 2.14. The van der Waals surface area contributed by atoms with Crippen LogP contribution < -0.4 is 10.6 Å². The molecule has 0 atom stereocenters. The molecule has 15 heavy (non-hydrogen) atoms. The van der Waals surface area contributed by atoms with Gasteiger partial charge in [0.25, 0.3) is 0 Å². The van der Waals surface area contributed by atoms with E-state index in [0.29, 0.717) is 6.54 Å². The van der Waals surface area contributed by atoms with Gasteiger partial charge in [-0.15, -0.1) is 0 Å². The van der Waals surface area contributed by atoms with Gasteiger partial charge in [0.2, 0.25) is 5.91 Å². The maximum absolute atomic E-state index is 11.3. The second-order valence-electron chi connectivity index (χ2n) is 4.42. The molecule has 0 spiro atoms. The van der Waals surface area contributed by atoms with Gasteiger partial charge in [0.1, 0.15) is 0 Å². The highest BCUT2D eigenvalue weighted by molar-refractivity contribution is 5.91. The molecule has 1 rings (SSSR count). The zero-order valence-electron chi connectivity index (χ0n) is 9.66. The van der Waals surface area contributed by atoms with Crippen LogP contribution in [0.25, 0.3) is 0 Å². The van der Waals surface area contributed by atoms with Crippen molar-refractivity contribution < 1.29 is 4.79 Å². The van der Waals surface area contributed by atoms with Crippen LogP contribution in [0.2, 0.25) is 0 Å². The topological polar surface area (TPSA) is 59.0 Å². The van der Waals surface area contributed by atoms with Crippen molar-refractivity contribution in [2.45, 2.75) is 26.3 Å². The molecule has 1 amide bonds. The van der Waals surface area contributed by atoms with Gasteiger partial charge in [-0.05, 0) is 27.8 Å². The van der Waals surface area contributed by atoms with Crippen molar-refractivity contribution in [3.05, 3.63) is 12.4 Å². The molecule has 0 aliphatic rings. The van der Waals surface area contributed by atoms with Gasteiger partial charge in [0, 0.05) is 6.20 Å². The minimum atomic E-state index is -0.0639. The number of nitrogens with zero attached hydrogens (tertiary/aromatic N) is 2. The van der Waals surface area contributed by atoms with E-state index in [4.69, 9.17) is 0 Å². The van der Waals surface area contributed by atoms with E-state index < -0.39 is 0 Å². The fourth-order valence-corrected chi connectivity index (χ4v) is 1.12. The zero-order valence-corrected chi connectivity index (χ0v) is 9.66. The van der Waals surface area contributed by atoms with Crippen LogP contribution in [0, 0.1) is 0 Å². The Morgan fingerprint density at radius 1 is 1.53 bits per heavy atom. The van der Waals surface area contributed by atoms with Crippen molar-refractivity contribution in [1.82, 2.24) is 15.1 Å². The lowest BCUT2D eigenvalue weighted by atomic mass is 10.1. The molecule has 1 heterocycles. The first-order valence-electron chi connectivity index (χ1n) is 4.93. The molecule has 1 aromatic rings. The van der Waals surface area contributed by atoms with Crippen molar-refractivity contribution in [2.75, 3.05) is 18.9 Å². The zero-order chi connectivity index (χ0) is 11.5. The summed E-state index contributed by atoms with van der Waals surface area (Å²) >= 11 is 0. The van der Waals surface area contributed by atoms with Crippen molar-refractivity contribution >= 4 is 11.6 Å². The summed E-state index contributed by atoms with van der Waals surface area (Å²) in [5.74, 6) is -0.0639. The largest absolute Gasteiger partial charge is 0.322 e. The van der Waals surface area contributed by atoms with Crippen molar-refractivity contribution in [1.29, 1.82) is 0 Å². The van der Waals surface area contributed by atoms with E-state index in [1.54, 1.807) is 13.2 Å². The van der Waals surface area contributed by atoms with E-state index in [0.717, 1.165) is 5.69 Å². The summed E-state index contributed by atoms with van der Waals surface area (Å²) in [7, 11) is 1.73. The van der Waals surface area contributed by atoms with Crippen LogP contribution in [0.5, 0.6) is 0 Å². The molecule has 1 aromatic heterocycles. The third kappa shape index (κ3) is 3.36. The number of likely N-dealkylation sites (N-methyl/N-ethyl adjacent to an activating group) is 1. The normalized spacial score (nSPS) is 11.5. The van der Waals surface area contributed by atoms with Crippen LogP contribution in [0.1, 0.15) is 20.8 Å². The molecular formula is C10H18N4O.